The molecule has 2 aromatic carbocycles. The number of fused-ring (bicyclic) bond motifs is 1. The lowest BCUT2D eigenvalue weighted by Crippen LogP contribution is -2.56. The SMILES string of the molecule is CC.CC/C=C/C(NC(=O)c1cnn2c1NCC=C2)=C(\CCC)c1cc(Oc2cccc(C3(O)CNC3)c2)ccc1OC(C)F. The summed E-state index contributed by atoms with van der Waals surface area (Å²) in [5, 5.41) is 24.4. The zero-order valence-electron chi connectivity index (χ0n) is 26.7. The molecule has 0 spiro atoms. The first-order valence-electron chi connectivity index (χ1n) is 15.7. The van der Waals surface area contributed by atoms with Crippen molar-refractivity contribution >= 4 is 23.5 Å². The molecular weight excluding hydrogens is 573 g/mol. The molecule has 2 aliphatic heterocycles. The van der Waals surface area contributed by atoms with Gasteiger partial charge >= 0.3 is 0 Å². The summed E-state index contributed by atoms with van der Waals surface area (Å²) in [6.45, 7) is 10.9. The third-order valence-corrected chi connectivity index (χ3v) is 7.28. The Labute approximate surface area is 264 Å². The van der Waals surface area contributed by atoms with Gasteiger partial charge in [0.15, 0.2) is 0 Å². The average Bonchev–Trinajstić information content (AvgIpc) is 3.47. The van der Waals surface area contributed by atoms with Gasteiger partial charge in [0.25, 0.3) is 5.91 Å². The molecule has 0 radical (unpaired) electrons. The number of anilines is 1. The third-order valence-electron chi connectivity index (χ3n) is 7.28. The van der Waals surface area contributed by atoms with Gasteiger partial charge in [0.05, 0.1) is 6.20 Å². The van der Waals surface area contributed by atoms with Crippen molar-refractivity contribution in [3.63, 3.8) is 0 Å². The number of β-amino-alcohol motifs (C(OH)–C–C–N with tert-alkyl or cyclic N) is 1. The highest BCUT2D eigenvalue weighted by molar-refractivity contribution is 6.01. The fourth-order valence-corrected chi connectivity index (χ4v) is 5.07. The number of aliphatic hydroxyl groups is 1. The molecule has 1 unspecified atom stereocenters. The second-order valence-corrected chi connectivity index (χ2v) is 10.6. The van der Waals surface area contributed by atoms with Gasteiger partial charge in [0, 0.05) is 44.0 Å². The second-order valence-electron chi connectivity index (χ2n) is 10.6. The van der Waals surface area contributed by atoms with Crippen LogP contribution >= 0.6 is 0 Å². The van der Waals surface area contributed by atoms with Gasteiger partial charge in [-0.2, -0.15) is 5.10 Å². The summed E-state index contributed by atoms with van der Waals surface area (Å²) >= 11 is 0. The van der Waals surface area contributed by atoms with Gasteiger partial charge < -0.3 is 30.5 Å². The zero-order chi connectivity index (χ0) is 32.4. The summed E-state index contributed by atoms with van der Waals surface area (Å²) in [5.74, 6) is 1.70. The number of rotatable bonds is 12. The van der Waals surface area contributed by atoms with Crippen LogP contribution in [0.5, 0.6) is 17.2 Å². The number of halogens is 1. The highest BCUT2D eigenvalue weighted by atomic mass is 19.1. The van der Waals surface area contributed by atoms with Crippen LogP contribution in [-0.4, -0.2) is 46.8 Å². The van der Waals surface area contributed by atoms with Gasteiger partial charge in [-0.15, -0.1) is 0 Å². The van der Waals surface area contributed by atoms with E-state index >= 15 is 0 Å². The van der Waals surface area contributed by atoms with Crippen LogP contribution in [0.25, 0.3) is 11.8 Å². The van der Waals surface area contributed by atoms with Crippen LogP contribution in [-0.2, 0) is 5.60 Å². The number of nitrogens with zero attached hydrogens (tertiary/aromatic N) is 2. The van der Waals surface area contributed by atoms with E-state index in [0.29, 0.717) is 65.9 Å². The number of ether oxygens (including phenoxy) is 2. The standard InChI is InChI=1S/C33H38FN5O4.C2H6/c1-4-6-12-29(38-32(40)28-19-37-39-16-8-15-36-31(28)39)26(9-5-2)27-18-25(13-14-30(27)42-22(3)34)43-24-11-7-10-23(17-24)33(41)20-35-21-33;1-2/h6-8,10-14,16-19,22,35-36,41H,4-5,9,15,20-21H2,1-3H3,(H,38,40);1-2H3/b12-6+,29-26-;. The molecule has 1 amide bonds. The number of carbonyl (C=O) groups is 1. The number of alkyl halides is 1. The topological polar surface area (TPSA) is 110 Å². The van der Waals surface area contributed by atoms with Crippen molar-refractivity contribution < 1.29 is 23.8 Å². The second kappa shape index (κ2) is 15.5. The Morgan fingerprint density at radius 2 is 1.96 bits per heavy atom. The molecule has 0 saturated carbocycles. The molecule has 1 fully saturated rings. The van der Waals surface area contributed by atoms with Crippen LogP contribution in [0.1, 0.15) is 75.4 Å². The fourth-order valence-electron chi connectivity index (χ4n) is 5.07. The summed E-state index contributed by atoms with van der Waals surface area (Å²) in [4.78, 5) is 13.6. The minimum absolute atomic E-state index is 0.317. The normalized spacial score (nSPS) is 15.9. The molecule has 3 aromatic rings. The highest BCUT2D eigenvalue weighted by Crippen LogP contribution is 2.37. The van der Waals surface area contributed by atoms with Crippen LogP contribution in [0.2, 0.25) is 0 Å². The predicted octanol–water partition coefficient (Wildman–Crippen LogP) is 6.99. The molecule has 9 nitrogen and oxygen atoms in total. The third kappa shape index (κ3) is 8.01. The van der Waals surface area contributed by atoms with Crippen LogP contribution in [0.4, 0.5) is 10.2 Å². The molecule has 45 heavy (non-hydrogen) atoms. The largest absolute Gasteiger partial charge is 0.460 e. The van der Waals surface area contributed by atoms with Crippen molar-refractivity contribution in [1.82, 2.24) is 20.4 Å². The van der Waals surface area contributed by atoms with Crippen molar-refractivity contribution in [3.8, 4) is 17.2 Å². The number of benzene rings is 2. The molecule has 240 valence electrons. The Hall–Kier alpha value is -4.41. The van der Waals surface area contributed by atoms with Gasteiger partial charge in [-0.25, -0.2) is 9.07 Å². The number of amides is 1. The minimum atomic E-state index is -1.55. The molecule has 4 N–H and O–H groups in total. The van der Waals surface area contributed by atoms with E-state index in [1.165, 1.54) is 13.1 Å². The smallest absolute Gasteiger partial charge is 0.261 e. The molecule has 1 saturated heterocycles. The number of hydrogen-bond donors (Lipinski definition) is 4. The van der Waals surface area contributed by atoms with E-state index in [0.717, 1.165) is 24.0 Å². The van der Waals surface area contributed by atoms with E-state index in [2.05, 4.69) is 21.0 Å². The van der Waals surface area contributed by atoms with E-state index in [9.17, 15) is 14.3 Å². The Balaban J connectivity index is 0.00000226. The summed E-state index contributed by atoms with van der Waals surface area (Å²) in [7, 11) is 0. The molecule has 10 heteroatoms. The first-order chi connectivity index (χ1) is 21.8. The number of carbonyl (C=O) groups excluding carboxylic acids is 1. The van der Waals surface area contributed by atoms with E-state index in [1.807, 2.05) is 76.4 Å². The Kier molecular flexibility index (Phi) is 11.6. The number of aromatic nitrogens is 2. The lowest BCUT2D eigenvalue weighted by molar-refractivity contribution is -0.0147. The summed E-state index contributed by atoms with van der Waals surface area (Å²) in [6.07, 6.45) is 9.63. The van der Waals surface area contributed by atoms with Crippen molar-refractivity contribution in [1.29, 1.82) is 0 Å². The Bertz CT molecular complexity index is 1560. The zero-order valence-corrected chi connectivity index (χ0v) is 26.7. The van der Waals surface area contributed by atoms with Crippen molar-refractivity contribution in [2.24, 2.45) is 0 Å². The fraction of sp³-hybridized carbons (Fsp3) is 0.371. The van der Waals surface area contributed by atoms with Gasteiger partial charge in [-0.1, -0.05) is 52.3 Å². The number of hydrogen-bond acceptors (Lipinski definition) is 7. The number of allylic oxidation sites excluding steroid dienone is 3. The summed E-state index contributed by atoms with van der Waals surface area (Å²) < 4.78 is 27.7. The van der Waals surface area contributed by atoms with Crippen molar-refractivity contribution in [2.75, 3.05) is 25.0 Å². The van der Waals surface area contributed by atoms with Crippen LogP contribution in [0, 0.1) is 0 Å². The lowest BCUT2D eigenvalue weighted by Gasteiger charge is -2.38. The van der Waals surface area contributed by atoms with Crippen LogP contribution < -0.4 is 25.4 Å². The quantitative estimate of drug-likeness (QED) is 0.162. The Morgan fingerprint density at radius 1 is 1.18 bits per heavy atom. The summed E-state index contributed by atoms with van der Waals surface area (Å²) in [5.41, 5.74) is 2.22. The lowest BCUT2D eigenvalue weighted by atomic mass is 9.88. The molecule has 0 aliphatic carbocycles. The monoisotopic (exact) mass is 617 g/mol. The molecule has 5 rings (SSSR count). The van der Waals surface area contributed by atoms with Gasteiger partial charge in [-0.05, 0) is 66.5 Å². The van der Waals surface area contributed by atoms with Crippen molar-refractivity contribution in [2.45, 2.75) is 65.8 Å². The van der Waals surface area contributed by atoms with Crippen LogP contribution in [0.15, 0.2) is 72.6 Å². The van der Waals surface area contributed by atoms with E-state index in [1.54, 1.807) is 22.9 Å². The molecule has 3 heterocycles. The van der Waals surface area contributed by atoms with Gasteiger partial charge in [0.2, 0.25) is 6.36 Å². The Morgan fingerprint density at radius 3 is 2.64 bits per heavy atom. The maximum Gasteiger partial charge on any atom is 0.261 e. The molecule has 1 aromatic heterocycles. The van der Waals surface area contributed by atoms with E-state index < -0.39 is 12.0 Å². The van der Waals surface area contributed by atoms with Gasteiger partial charge in [0.1, 0.15) is 34.2 Å². The average molecular weight is 618 g/mol. The van der Waals surface area contributed by atoms with E-state index in [-0.39, 0.29) is 5.91 Å². The van der Waals surface area contributed by atoms with Gasteiger partial charge in [-0.3, -0.25) is 4.79 Å². The highest BCUT2D eigenvalue weighted by Gasteiger charge is 2.36. The maximum atomic E-state index is 14.2. The molecule has 1 atom stereocenters. The molecular formula is C35H44FN5O4. The first kappa shape index (κ1) is 33.5. The van der Waals surface area contributed by atoms with Crippen molar-refractivity contribution in [3.05, 3.63) is 89.3 Å². The van der Waals surface area contributed by atoms with E-state index in [4.69, 9.17) is 9.47 Å². The first-order valence-corrected chi connectivity index (χ1v) is 15.7. The number of nitrogens with one attached hydrogen (secondary N) is 3. The molecule has 2 aliphatic rings. The summed E-state index contributed by atoms with van der Waals surface area (Å²) in [6, 6.07) is 12.6. The predicted molar refractivity (Wildman–Crippen MR) is 177 cm³/mol. The van der Waals surface area contributed by atoms with Crippen LogP contribution in [0.3, 0.4) is 0 Å². The molecule has 0 bridgehead atoms. The maximum absolute atomic E-state index is 14.2. The minimum Gasteiger partial charge on any atom is -0.460 e.